The van der Waals surface area contributed by atoms with Gasteiger partial charge in [0.2, 0.25) is 0 Å². The van der Waals surface area contributed by atoms with Crippen LogP contribution in [0.25, 0.3) is 11.3 Å². The normalized spacial score (nSPS) is 11.6. The third-order valence-corrected chi connectivity index (χ3v) is 3.46. The van der Waals surface area contributed by atoms with E-state index < -0.39 is 17.7 Å². The Hall–Kier alpha value is -3.03. The van der Waals surface area contributed by atoms with Crippen molar-refractivity contribution in [1.29, 1.82) is 0 Å². The largest absolute Gasteiger partial charge is 0.478 e. The van der Waals surface area contributed by atoms with Crippen LogP contribution in [0.5, 0.6) is 0 Å². The van der Waals surface area contributed by atoms with Gasteiger partial charge < -0.3 is 10.1 Å². The number of nitrogens with zero attached hydrogens (tertiary/aromatic N) is 2. The molecular weight excluding hydrogens is 323 g/mol. The Morgan fingerprint density at radius 1 is 1.25 bits per heavy atom. The first kappa shape index (κ1) is 15.9. The number of H-pyrrole nitrogens is 1. The molecule has 5 nitrogen and oxygen atoms in total. The van der Waals surface area contributed by atoms with Crippen molar-refractivity contribution in [3.8, 4) is 11.3 Å². The number of carboxylic acid groups (broad SMARTS) is 1. The molecule has 2 heterocycles. The van der Waals surface area contributed by atoms with Gasteiger partial charge in [-0.2, -0.15) is 18.3 Å². The molecule has 2 N–H and O–H groups in total. The molecule has 0 unspecified atom stereocenters. The summed E-state index contributed by atoms with van der Waals surface area (Å²) in [5, 5.41) is 12.8. The third-order valence-electron chi connectivity index (χ3n) is 3.46. The number of nitrogens with one attached hydrogen (secondary N) is 1. The zero-order valence-corrected chi connectivity index (χ0v) is 12.2. The lowest BCUT2D eigenvalue weighted by Gasteiger charge is -2.08. The highest BCUT2D eigenvalue weighted by Gasteiger charge is 2.30. The number of carboxylic acids is 1. The molecule has 0 atom stereocenters. The summed E-state index contributed by atoms with van der Waals surface area (Å²) < 4.78 is 39.8. The summed E-state index contributed by atoms with van der Waals surface area (Å²) in [4.78, 5) is 13.8. The van der Waals surface area contributed by atoms with Crippen LogP contribution in [0.3, 0.4) is 0 Å². The average molecular weight is 335 g/mol. The molecule has 0 aliphatic heterocycles. The molecule has 0 fully saturated rings. The number of alkyl halides is 3. The fraction of sp³-hybridized carbons (Fsp3) is 0.125. The molecule has 124 valence electrons. The maximum atomic E-state index is 12.8. The first-order valence-electron chi connectivity index (χ1n) is 6.94. The molecule has 0 bridgehead atoms. The van der Waals surface area contributed by atoms with Gasteiger partial charge in [0.25, 0.3) is 0 Å². The predicted octanol–water partition coefficient (Wildman–Crippen LogP) is 3.64. The van der Waals surface area contributed by atoms with Crippen molar-refractivity contribution in [2.24, 2.45) is 0 Å². The topological polar surface area (TPSA) is 70.9 Å². The first-order valence-corrected chi connectivity index (χ1v) is 6.94. The number of hydrogen-bond acceptors (Lipinski definition) is 2. The Labute approximate surface area is 134 Å². The number of aromatic carboxylic acids is 1. The van der Waals surface area contributed by atoms with Crippen LogP contribution in [0.4, 0.5) is 13.2 Å². The van der Waals surface area contributed by atoms with Crippen LogP contribution in [0.15, 0.2) is 48.8 Å². The van der Waals surface area contributed by atoms with Gasteiger partial charge in [0.1, 0.15) is 0 Å². The van der Waals surface area contributed by atoms with E-state index in [1.165, 1.54) is 23.1 Å². The number of aromatic nitrogens is 3. The quantitative estimate of drug-likeness (QED) is 0.765. The van der Waals surface area contributed by atoms with Gasteiger partial charge >= 0.3 is 12.1 Å². The average Bonchev–Trinajstić information content (AvgIpc) is 3.16. The number of benzene rings is 1. The first-order chi connectivity index (χ1) is 11.3. The highest BCUT2D eigenvalue weighted by atomic mass is 19.4. The van der Waals surface area contributed by atoms with Gasteiger partial charge in [-0.25, -0.2) is 4.79 Å². The van der Waals surface area contributed by atoms with Gasteiger partial charge in [0.15, 0.2) is 0 Å². The summed E-state index contributed by atoms with van der Waals surface area (Å²) in [6.07, 6.45) is -1.78. The smallest absolute Gasteiger partial charge is 0.416 e. The van der Waals surface area contributed by atoms with Crippen LogP contribution in [-0.2, 0) is 12.7 Å². The molecule has 0 amide bonds. The summed E-state index contributed by atoms with van der Waals surface area (Å²) in [6.45, 7) is 0.284. The van der Waals surface area contributed by atoms with Gasteiger partial charge in [-0.3, -0.25) is 4.68 Å². The maximum absolute atomic E-state index is 12.8. The number of aromatic amines is 1. The van der Waals surface area contributed by atoms with Crippen molar-refractivity contribution in [3.63, 3.8) is 0 Å². The molecule has 0 aliphatic rings. The van der Waals surface area contributed by atoms with E-state index in [2.05, 4.69) is 10.1 Å². The molecule has 0 saturated carbocycles. The molecule has 24 heavy (non-hydrogen) atoms. The van der Waals surface area contributed by atoms with E-state index in [1.807, 2.05) is 0 Å². The molecule has 8 heteroatoms. The zero-order valence-electron chi connectivity index (χ0n) is 12.2. The number of hydrogen-bond donors (Lipinski definition) is 2. The van der Waals surface area contributed by atoms with E-state index in [0.717, 1.165) is 12.1 Å². The number of rotatable bonds is 4. The standard InChI is InChI=1S/C16H12F3N3O2/c17-16(18,19)12-3-1-2-10(6-12)14-5-4-13(21-14)9-22-8-11(7-20-22)15(23)24/h1-8,21H,9H2,(H,23,24). The molecular formula is C16H12F3N3O2. The lowest BCUT2D eigenvalue weighted by molar-refractivity contribution is -0.137. The number of halogens is 3. The second-order valence-corrected chi connectivity index (χ2v) is 5.21. The summed E-state index contributed by atoms with van der Waals surface area (Å²) in [5.41, 5.74) is 1.01. The van der Waals surface area contributed by atoms with Gasteiger partial charge in [-0.15, -0.1) is 0 Å². The molecule has 3 aromatic rings. The van der Waals surface area contributed by atoms with E-state index in [0.29, 0.717) is 17.0 Å². The minimum Gasteiger partial charge on any atom is -0.478 e. The van der Waals surface area contributed by atoms with Crippen molar-refractivity contribution in [2.45, 2.75) is 12.7 Å². The van der Waals surface area contributed by atoms with Crippen LogP contribution in [-0.4, -0.2) is 25.8 Å². The Morgan fingerprint density at radius 3 is 2.71 bits per heavy atom. The number of carbonyl (C=O) groups is 1. The Balaban J connectivity index is 1.81. The fourth-order valence-corrected chi connectivity index (χ4v) is 2.30. The van der Waals surface area contributed by atoms with E-state index in [-0.39, 0.29) is 12.1 Å². The van der Waals surface area contributed by atoms with Gasteiger partial charge in [0, 0.05) is 17.6 Å². The van der Waals surface area contributed by atoms with E-state index in [1.54, 1.807) is 18.2 Å². The second-order valence-electron chi connectivity index (χ2n) is 5.21. The zero-order chi connectivity index (χ0) is 17.3. The summed E-state index contributed by atoms with van der Waals surface area (Å²) >= 11 is 0. The maximum Gasteiger partial charge on any atom is 0.416 e. The molecule has 0 radical (unpaired) electrons. The van der Waals surface area contributed by atoms with Crippen molar-refractivity contribution in [2.75, 3.05) is 0 Å². The van der Waals surface area contributed by atoms with Crippen molar-refractivity contribution in [3.05, 3.63) is 65.6 Å². The summed E-state index contributed by atoms with van der Waals surface area (Å²) in [5.74, 6) is -1.07. The van der Waals surface area contributed by atoms with Crippen molar-refractivity contribution in [1.82, 2.24) is 14.8 Å². The Bertz CT molecular complexity index is 881. The minimum absolute atomic E-state index is 0.0691. The Kier molecular flexibility index (Phi) is 3.88. The highest BCUT2D eigenvalue weighted by molar-refractivity contribution is 5.86. The summed E-state index contributed by atoms with van der Waals surface area (Å²) in [7, 11) is 0. The molecule has 0 spiro atoms. The molecule has 3 rings (SSSR count). The lowest BCUT2D eigenvalue weighted by Crippen LogP contribution is -2.04. The molecule has 2 aromatic heterocycles. The molecule has 0 aliphatic carbocycles. The van der Waals surface area contributed by atoms with Gasteiger partial charge in [0.05, 0.1) is 23.9 Å². The Morgan fingerprint density at radius 2 is 2.04 bits per heavy atom. The highest BCUT2D eigenvalue weighted by Crippen LogP contribution is 2.31. The molecule has 1 aromatic carbocycles. The van der Waals surface area contributed by atoms with Crippen LogP contribution < -0.4 is 0 Å². The van der Waals surface area contributed by atoms with Crippen LogP contribution in [0.1, 0.15) is 21.6 Å². The van der Waals surface area contributed by atoms with Gasteiger partial charge in [-0.05, 0) is 29.8 Å². The third kappa shape index (κ3) is 3.32. The molecule has 0 saturated heterocycles. The second kappa shape index (κ2) is 5.88. The van der Waals surface area contributed by atoms with Crippen molar-refractivity contribution >= 4 is 5.97 Å². The van der Waals surface area contributed by atoms with E-state index in [9.17, 15) is 18.0 Å². The monoisotopic (exact) mass is 335 g/mol. The predicted molar refractivity (Wildman–Crippen MR) is 79.5 cm³/mol. The van der Waals surface area contributed by atoms with Crippen LogP contribution in [0, 0.1) is 0 Å². The van der Waals surface area contributed by atoms with E-state index >= 15 is 0 Å². The van der Waals surface area contributed by atoms with Crippen LogP contribution >= 0.6 is 0 Å². The fourth-order valence-electron chi connectivity index (χ4n) is 2.30. The summed E-state index contributed by atoms with van der Waals surface area (Å²) in [6, 6.07) is 8.42. The van der Waals surface area contributed by atoms with Crippen LogP contribution in [0.2, 0.25) is 0 Å². The SMILES string of the molecule is O=C(O)c1cnn(Cc2ccc(-c3cccc(C(F)(F)F)c3)[nH]2)c1. The van der Waals surface area contributed by atoms with Crippen molar-refractivity contribution < 1.29 is 23.1 Å². The van der Waals surface area contributed by atoms with Gasteiger partial charge in [-0.1, -0.05) is 12.1 Å². The van der Waals surface area contributed by atoms with E-state index in [4.69, 9.17) is 5.11 Å². The lowest BCUT2D eigenvalue weighted by atomic mass is 10.1. The minimum atomic E-state index is -4.40.